The molecular weight excluding hydrogens is 259 g/mol. The van der Waals surface area contributed by atoms with Crippen LogP contribution >= 0.6 is 0 Å². The molecule has 1 heterocycles. The molecule has 0 fully saturated rings. The Hall–Kier alpha value is -2.43. The topological polar surface area (TPSA) is 42.4 Å². The van der Waals surface area contributed by atoms with Gasteiger partial charge in [-0.25, -0.2) is 4.39 Å². The molecule has 2 rings (SSSR count). The highest BCUT2D eigenvalue weighted by molar-refractivity contribution is 5.77. The number of hydrogen-bond donors (Lipinski definition) is 0. The summed E-state index contributed by atoms with van der Waals surface area (Å²) in [4.78, 5) is 17.5. The van der Waals surface area contributed by atoms with Crippen molar-refractivity contribution in [2.75, 3.05) is 13.7 Å². The van der Waals surface area contributed by atoms with E-state index < -0.39 is 5.82 Å². The van der Waals surface area contributed by atoms with Gasteiger partial charge in [0.1, 0.15) is 0 Å². The quantitative estimate of drug-likeness (QED) is 0.840. The Bertz CT molecular complexity index is 575. The standard InChI is InChI=1S/C15H15FN2O2/c1-18(10-12-6-4-5-9-17-12)15(19)11-20-14-8-3-2-7-13(14)16/h2-9H,10-11H2,1H3. The summed E-state index contributed by atoms with van der Waals surface area (Å²) in [5.74, 6) is -0.640. The van der Waals surface area contributed by atoms with Gasteiger partial charge in [-0.05, 0) is 24.3 Å². The predicted octanol–water partition coefficient (Wildman–Crippen LogP) is 2.26. The molecule has 0 N–H and O–H groups in total. The smallest absolute Gasteiger partial charge is 0.260 e. The van der Waals surface area contributed by atoms with Crippen molar-refractivity contribution in [1.82, 2.24) is 9.88 Å². The second-order valence-electron chi connectivity index (χ2n) is 4.29. The molecule has 0 radical (unpaired) electrons. The summed E-state index contributed by atoms with van der Waals surface area (Å²) in [6, 6.07) is 11.5. The number of amides is 1. The van der Waals surface area contributed by atoms with E-state index in [0.29, 0.717) is 6.54 Å². The van der Waals surface area contributed by atoms with E-state index in [1.54, 1.807) is 25.4 Å². The zero-order valence-corrected chi connectivity index (χ0v) is 11.1. The highest BCUT2D eigenvalue weighted by Crippen LogP contribution is 2.15. The average Bonchev–Trinajstić information content (AvgIpc) is 2.47. The first kappa shape index (κ1) is 14.0. The molecule has 0 saturated carbocycles. The Morgan fingerprint density at radius 2 is 2.00 bits per heavy atom. The maximum Gasteiger partial charge on any atom is 0.260 e. The molecule has 2 aromatic rings. The van der Waals surface area contributed by atoms with Gasteiger partial charge in [0.25, 0.3) is 5.91 Å². The van der Waals surface area contributed by atoms with Gasteiger partial charge in [-0.2, -0.15) is 0 Å². The molecular formula is C15H15FN2O2. The van der Waals surface area contributed by atoms with Gasteiger partial charge in [-0.1, -0.05) is 18.2 Å². The molecule has 0 bridgehead atoms. The highest BCUT2D eigenvalue weighted by atomic mass is 19.1. The minimum Gasteiger partial charge on any atom is -0.481 e. The normalized spacial score (nSPS) is 10.1. The molecule has 0 aliphatic carbocycles. The molecule has 1 amide bonds. The third-order valence-corrected chi connectivity index (χ3v) is 2.74. The lowest BCUT2D eigenvalue weighted by Crippen LogP contribution is -2.31. The summed E-state index contributed by atoms with van der Waals surface area (Å²) < 4.78 is 18.5. The summed E-state index contributed by atoms with van der Waals surface area (Å²) in [5, 5.41) is 0. The molecule has 0 saturated heterocycles. The van der Waals surface area contributed by atoms with Gasteiger partial charge < -0.3 is 9.64 Å². The number of rotatable bonds is 5. The maximum atomic E-state index is 13.3. The molecule has 4 nitrogen and oxygen atoms in total. The van der Waals surface area contributed by atoms with E-state index in [1.165, 1.54) is 17.0 Å². The van der Waals surface area contributed by atoms with Gasteiger partial charge in [0, 0.05) is 13.2 Å². The van der Waals surface area contributed by atoms with Crippen LogP contribution in [0.5, 0.6) is 5.75 Å². The van der Waals surface area contributed by atoms with Crippen molar-refractivity contribution in [3.05, 3.63) is 60.2 Å². The molecule has 1 aromatic carbocycles. The summed E-state index contributed by atoms with van der Waals surface area (Å²) in [6.07, 6.45) is 1.67. The Morgan fingerprint density at radius 1 is 1.25 bits per heavy atom. The number of para-hydroxylation sites is 1. The van der Waals surface area contributed by atoms with E-state index in [4.69, 9.17) is 4.74 Å². The van der Waals surface area contributed by atoms with Gasteiger partial charge in [0.2, 0.25) is 0 Å². The van der Waals surface area contributed by atoms with Crippen LogP contribution in [0, 0.1) is 5.82 Å². The van der Waals surface area contributed by atoms with E-state index in [9.17, 15) is 9.18 Å². The van der Waals surface area contributed by atoms with E-state index in [0.717, 1.165) is 5.69 Å². The third kappa shape index (κ3) is 3.78. The van der Waals surface area contributed by atoms with Crippen LogP contribution in [0.15, 0.2) is 48.7 Å². The second-order valence-corrected chi connectivity index (χ2v) is 4.29. The van der Waals surface area contributed by atoms with Crippen molar-refractivity contribution >= 4 is 5.91 Å². The van der Waals surface area contributed by atoms with E-state index >= 15 is 0 Å². The number of carbonyl (C=O) groups excluding carboxylic acids is 1. The number of benzene rings is 1. The first-order valence-corrected chi connectivity index (χ1v) is 6.18. The monoisotopic (exact) mass is 274 g/mol. The molecule has 20 heavy (non-hydrogen) atoms. The lowest BCUT2D eigenvalue weighted by molar-refractivity contribution is -0.132. The SMILES string of the molecule is CN(Cc1ccccn1)C(=O)COc1ccccc1F. The Kier molecular flexibility index (Phi) is 4.65. The number of carbonyl (C=O) groups is 1. The Morgan fingerprint density at radius 3 is 2.70 bits per heavy atom. The summed E-state index contributed by atoms with van der Waals surface area (Å²) in [7, 11) is 1.65. The maximum absolute atomic E-state index is 13.3. The first-order chi connectivity index (χ1) is 9.66. The van der Waals surface area contributed by atoms with Gasteiger partial charge in [-0.15, -0.1) is 0 Å². The zero-order valence-electron chi connectivity index (χ0n) is 11.1. The van der Waals surface area contributed by atoms with Crippen LogP contribution in [0.2, 0.25) is 0 Å². The molecule has 0 atom stereocenters. The van der Waals surface area contributed by atoms with Gasteiger partial charge in [0.05, 0.1) is 12.2 Å². The number of nitrogens with zero attached hydrogens (tertiary/aromatic N) is 2. The third-order valence-electron chi connectivity index (χ3n) is 2.74. The number of hydrogen-bond acceptors (Lipinski definition) is 3. The van der Waals surface area contributed by atoms with Crippen LogP contribution in [-0.2, 0) is 11.3 Å². The van der Waals surface area contributed by atoms with Gasteiger partial charge in [0.15, 0.2) is 18.2 Å². The Balaban J connectivity index is 1.87. The number of likely N-dealkylation sites (N-methyl/N-ethyl adjacent to an activating group) is 1. The minimum absolute atomic E-state index is 0.0760. The van der Waals surface area contributed by atoms with Crippen molar-refractivity contribution in [2.45, 2.75) is 6.54 Å². The van der Waals surface area contributed by atoms with Gasteiger partial charge >= 0.3 is 0 Å². The van der Waals surface area contributed by atoms with Crippen LogP contribution in [0.25, 0.3) is 0 Å². The van der Waals surface area contributed by atoms with Crippen molar-refractivity contribution in [3.8, 4) is 5.75 Å². The van der Waals surface area contributed by atoms with Crippen molar-refractivity contribution in [1.29, 1.82) is 0 Å². The zero-order chi connectivity index (χ0) is 14.4. The van der Waals surface area contributed by atoms with Gasteiger partial charge in [-0.3, -0.25) is 9.78 Å². The fourth-order valence-electron chi connectivity index (χ4n) is 1.63. The number of pyridine rings is 1. The fraction of sp³-hybridized carbons (Fsp3) is 0.200. The van der Waals surface area contributed by atoms with E-state index in [-0.39, 0.29) is 18.3 Å². The van der Waals surface area contributed by atoms with E-state index in [2.05, 4.69) is 4.98 Å². The number of halogens is 1. The fourth-order valence-corrected chi connectivity index (χ4v) is 1.63. The Labute approximate surface area is 116 Å². The van der Waals surface area contributed by atoms with Crippen LogP contribution in [0.3, 0.4) is 0 Å². The largest absolute Gasteiger partial charge is 0.481 e. The molecule has 0 aliphatic heterocycles. The summed E-state index contributed by atoms with van der Waals surface area (Å²) in [5.41, 5.74) is 0.786. The molecule has 0 aliphatic rings. The molecule has 5 heteroatoms. The summed E-state index contributed by atoms with van der Waals surface area (Å²) in [6.45, 7) is 0.185. The molecule has 0 unspecified atom stereocenters. The highest BCUT2D eigenvalue weighted by Gasteiger charge is 2.11. The average molecular weight is 274 g/mol. The molecule has 1 aromatic heterocycles. The summed E-state index contributed by atoms with van der Waals surface area (Å²) >= 11 is 0. The van der Waals surface area contributed by atoms with E-state index in [1.807, 2.05) is 18.2 Å². The number of ether oxygens (including phenoxy) is 1. The molecule has 104 valence electrons. The van der Waals surface area contributed by atoms with Crippen molar-refractivity contribution in [2.24, 2.45) is 0 Å². The van der Waals surface area contributed by atoms with Crippen LogP contribution in [-0.4, -0.2) is 29.4 Å². The second kappa shape index (κ2) is 6.65. The number of aromatic nitrogens is 1. The predicted molar refractivity (Wildman–Crippen MR) is 72.6 cm³/mol. The minimum atomic E-state index is -0.479. The van der Waals surface area contributed by atoms with Crippen molar-refractivity contribution < 1.29 is 13.9 Å². The lowest BCUT2D eigenvalue weighted by Gasteiger charge is -2.17. The molecule has 0 spiro atoms. The van der Waals surface area contributed by atoms with Crippen LogP contribution in [0.4, 0.5) is 4.39 Å². The lowest BCUT2D eigenvalue weighted by atomic mass is 10.3. The van der Waals surface area contributed by atoms with Crippen molar-refractivity contribution in [3.63, 3.8) is 0 Å². The first-order valence-electron chi connectivity index (χ1n) is 6.18. The van der Waals surface area contributed by atoms with Crippen LogP contribution in [0.1, 0.15) is 5.69 Å². The van der Waals surface area contributed by atoms with Crippen LogP contribution < -0.4 is 4.74 Å².